The van der Waals surface area contributed by atoms with E-state index in [1.165, 1.54) is 66.4 Å². The second-order valence-electron chi connectivity index (χ2n) is 17.3. The Kier molecular flexibility index (Phi) is 8.55. The zero-order valence-electron chi connectivity index (χ0n) is 35.2. The largest absolute Gasteiger partial charge is 0.456 e. The van der Waals surface area contributed by atoms with E-state index in [2.05, 4.69) is 231 Å². The van der Waals surface area contributed by atoms with Crippen molar-refractivity contribution in [3.05, 3.63) is 236 Å². The van der Waals surface area contributed by atoms with E-state index < -0.39 is 0 Å². The zero-order chi connectivity index (χ0) is 42.1. The molecular weight excluding hydrogens is 763 g/mol. The van der Waals surface area contributed by atoms with Gasteiger partial charge in [-0.05, 0) is 127 Å². The maximum absolute atomic E-state index is 6.30. The average Bonchev–Trinajstić information content (AvgIpc) is 3.83. The van der Waals surface area contributed by atoms with Crippen molar-refractivity contribution in [1.29, 1.82) is 0 Å². The fourth-order valence-corrected chi connectivity index (χ4v) is 10.0. The molecule has 0 bridgehead atoms. The molecule has 1 aliphatic rings. The predicted molar refractivity (Wildman–Crippen MR) is 265 cm³/mol. The van der Waals surface area contributed by atoms with Crippen LogP contribution in [-0.2, 0) is 5.41 Å². The van der Waals surface area contributed by atoms with E-state index >= 15 is 0 Å². The maximum atomic E-state index is 6.30. The molecule has 2 nitrogen and oxygen atoms in total. The summed E-state index contributed by atoms with van der Waals surface area (Å²) in [6, 6.07) is 81.7. The normalized spacial score (nSPS) is 12.7. The van der Waals surface area contributed by atoms with Crippen molar-refractivity contribution in [2.45, 2.75) is 19.3 Å². The molecule has 2 heteroatoms. The molecule has 1 aromatic heterocycles. The minimum Gasteiger partial charge on any atom is -0.456 e. The third-order valence-electron chi connectivity index (χ3n) is 13.3. The first kappa shape index (κ1) is 36.9. The summed E-state index contributed by atoms with van der Waals surface area (Å²) in [6.07, 6.45) is 0. The molecule has 0 radical (unpaired) electrons. The first-order valence-electron chi connectivity index (χ1n) is 21.8. The number of hydrogen-bond donors (Lipinski definition) is 0. The zero-order valence-corrected chi connectivity index (χ0v) is 35.2. The minimum atomic E-state index is -0.200. The average molecular weight is 806 g/mol. The van der Waals surface area contributed by atoms with Gasteiger partial charge < -0.3 is 9.32 Å². The number of hydrogen-bond acceptors (Lipinski definition) is 2. The van der Waals surface area contributed by atoms with Crippen LogP contribution in [0.3, 0.4) is 0 Å². The fourth-order valence-electron chi connectivity index (χ4n) is 10.0. The third-order valence-corrected chi connectivity index (χ3v) is 13.3. The molecule has 0 unspecified atom stereocenters. The number of fused-ring (bicyclic) bond motifs is 7. The van der Waals surface area contributed by atoms with Gasteiger partial charge in [0.25, 0.3) is 0 Å². The number of furan rings is 1. The molecule has 1 heterocycles. The standard InChI is InChI=1S/C61H43NO/c1-61(2)56-37-45(41-15-7-4-8-16-41)27-32-51(56)52-34-31-48(39-57(52)61)62(47-29-25-43(26-30-47)46-28-33-55-54-19-11-12-20-59(54)63-60(55)38-46)58-36-35-49(50-17-9-10-18-53(50)58)44-23-21-42(22-24-44)40-13-5-3-6-14-40/h3-39H,1-2H3. The second kappa shape index (κ2) is 14.6. The second-order valence-corrected chi connectivity index (χ2v) is 17.3. The summed E-state index contributed by atoms with van der Waals surface area (Å²) in [5.74, 6) is 0. The molecule has 1 aliphatic carbocycles. The molecule has 10 aromatic carbocycles. The van der Waals surface area contributed by atoms with Crippen molar-refractivity contribution in [1.82, 2.24) is 0 Å². The molecule has 0 spiro atoms. The van der Waals surface area contributed by atoms with E-state index in [1.54, 1.807) is 0 Å². The van der Waals surface area contributed by atoms with Crippen molar-refractivity contribution < 1.29 is 4.42 Å². The van der Waals surface area contributed by atoms with Crippen LogP contribution in [0.15, 0.2) is 229 Å². The Morgan fingerprint density at radius 3 is 1.54 bits per heavy atom. The molecule has 0 N–H and O–H groups in total. The summed E-state index contributed by atoms with van der Waals surface area (Å²) < 4.78 is 6.30. The van der Waals surface area contributed by atoms with E-state index in [4.69, 9.17) is 4.42 Å². The van der Waals surface area contributed by atoms with Gasteiger partial charge in [0.05, 0.1) is 5.69 Å². The fraction of sp³-hybridized carbons (Fsp3) is 0.0492. The molecule has 63 heavy (non-hydrogen) atoms. The molecule has 298 valence electrons. The van der Waals surface area contributed by atoms with Gasteiger partial charge in [0.1, 0.15) is 11.2 Å². The van der Waals surface area contributed by atoms with Crippen LogP contribution in [-0.4, -0.2) is 0 Å². The summed E-state index contributed by atoms with van der Waals surface area (Å²) in [5, 5.41) is 4.69. The Morgan fingerprint density at radius 1 is 0.317 bits per heavy atom. The number of nitrogens with zero attached hydrogens (tertiary/aromatic N) is 1. The van der Waals surface area contributed by atoms with E-state index in [0.717, 1.165) is 50.1 Å². The van der Waals surface area contributed by atoms with E-state index in [1.807, 2.05) is 12.1 Å². The highest BCUT2D eigenvalue weighted by Crippen LogP contribution is 2.52. The Morgan fingerprint density at radius 2 is 0.794 bits per heavy atom. The topological polar surface area (TPSA) is 16.4 Å². The summed E-state index contributed by atoms with van der Waals surface area (Å²) in [6.45, 7) is 4.75. The first-order chi connectivity index (χ1) is 31.0. The van der Waals surface area contributed by atoms with Crippen LogP contribution in [0.5, 0.6) is 0 Å². The molecule has 0 aliphatic heterocycles. The predicted octanol–water partition coefficient (Wildman–Crippen LogP) is 17.2. The van der Waals surface area contributed by atoms with Crippen LogP contribution in [0.25, 0.3) is 88.3 Å². The smallest absolute Gasteiger partial charge is 0.136 e. The molecule has 0 amide bonds. The first-order valence-corrected chi connectivity index (χ1v) is 21.8. The molecule has 11 aromatic rings. The molecule has 0 saturated heterocycles. The number of anilines is 3. The number of benzene rings is 10. The van der Waals surface area contributed by atoms with Crippen molar-refractivity contribution in [2.75, 3.05) is 4.90 Å². The Bertz CT molecular complexity index is 3510. The summed E-state index contributed by atoms with van der Waals surface area (Å²) >= 11 is 0. The molecule has 12 rings (SSSR count). The number of para-hydroxylation sites is 1. The highest BCUT2D eigenvalue weighted by atomic mass is 16.3. The van der Waals surface area contributed by atoms with Crippen molar-refractivity contribution in [2.24, 2.45) is 0 Å². The number of rotatable bonds is 7. The van der Waals surface area contributed by atoms with Gasteiger partial charge in [0, 0.05) is 32.9 Å². The lowest BCUT2D eigenvalue weighted by molar-refractivity contribution is 0.660. The van der Waals surface area contributed by atoms with Gasteiger partial charge >= 0.3 is 0 Å². The quantitative estimate of drug-likeness (QED) is 0.160. The van der Waals surface area contributed by atoms with Crippen LogP contribution in [0, 0.1) is 0 Å². The van der Waals surface area contributed by atoms with Crippen LogP contribution in [0.2, 0.25) is 0 Å². The van der Waals surface area contributed by atoms with Gasteiger partial charge in [-0.3, -0.25) is 0 Å². The SMILES string of the molecule is CC1(C)c2cc(-c3ccccc3)ccc2-c2ccc(N(c3ccc(-c4ccc5c(c4)oc4ccccc45)cc3)c3ccc(-c4ccc(-c5ccccc5)cc4)c4ccccc34)cc21. The van der Waals surface area contributed by atoms with Crippen LogP contribution in [0.1, 0.15) is 25.0 Å². The maximum Gasteiger partial charge on any atom is 0.136 e. The highest BCUT2D eigenvalue weighted by Gasteiger charge is 2.36. The summed E-state index contributed by atoms with van der Waals surface area (Å²) in [4.78, 5) is 2.45. The van der Waals surface area contributed by atoms with Gasteiger partial charge in [-0.1, -0.05) is 184 Å². The van der Waals surface area contributed by atoms with E-state index in [-0.39, 0.29) is 5.41 Å². The van der Waals surface area contributed by atoms with Crippen molar-refractivity contribution in [3.8, 4) is 55.6 Å². The third kappa shape index (κ3) is 6.17. The van der Waals surface area contributed by atoms with E-state index in [9.17, 15) is 0 Å². The minimum absolute atomic E-state index is 0.200. The Balaban J connectivity index is 0.985. The van der Waals surface area contributed by atoms with Gasteiger partial charge in [0.2, 0.25) is 0 Å². The highest BCUT2D eigenvalue weighted by molar-refractivity contribution is 6.07. The van der Waals surface area contributed by atoms with Crippen LogP contribution < -0.4 is 4.90 Å². The van der Waals surface area contributed by atoms with Crippen LogP contribution >= 0.6 is 0 Å². The van der Waals surface area contributed by atoms with Gasteiger partial charge in [-0.2, -0.15) is 0 Å². The molecule has 0 fully saturated rings. The van der Waals surface area contributed by atoms with Gasteiger partial charge in [-0.25, -0.2) is 0 Å². The van der Waals surface area contributed by atoms with Gasteiger partial charge in [0.15, 0.2) is 0 Å². The molecular formula is C61H43NO. The summed E-state index contributed by atoms with van der Waals surface area (Å²) in [5.41, 5.74) is 19.9. The van der Waals surface area contributed by atoms with Crippen molar-refractivity contribution >= 4 is 49.8 Å². The van der Waals surface area contributed by atoms with E-state index in [0.29, 0.717) is 0 Å². The monoisotopic (exact) mass is 805 g/mol. The molecule has 0 atom stereocenters. The van der Waals surface area contributed by atoms with Crippen LogP contribution in [0.4, 0.5) is 17.1 Å². The van der Waals surface area contributed by atoms with Gasteiger partial charge in [-0.15, -0.1) is 0 Å². The Hall–Kier alpha value is -7.94. The lowest BCUT2D eigenvalue weighted by atomic mass is 9.81. The summed E-state index contributed by atoms with van der Waals surface area (Å²) in [7, 11) is 0. The van der Waals surface area contributed by atoms with Crippen molar-refractivity contribution in [3.63, 3.8) is 0 Å². The molecule has 0 saturated carbocycles. The lowest BCUT2D eigenvalue weighted by Gasteiger charge is -2.29. The lowest BCUT2D eigenvalue weighted by Crippen LogP contribution is -2.17. The Labute approximate surface area is 368 Å².